The average Bonchev–Trinajstić information content (AvgIpc) is 2.81. The van der Waals surface area contributed by atoms with Crippen molar-refractivity contribution in [1.82, 2.24) is 15.3 Å². The Bertz CT molecular complexity index is 750. The van der Waals surface area contributed by atoms with Gasteiger partial charge in [-0.05, 0) is 33.6 Å². The maximum Gasteiger partial charge on any atom is 0.369 e. The summed E-state index contributed by atoms with van der Waals surface area (Å²) < 4.78 is 0. The number of hydrogen-bond donors (Lipinski definition) is 1. The average molecular weight is 331 g/mol. The summed E-state index contributed by atoms with van der Waals surface area (Å²) in [7, 11) is 0. The summed E-state index contributed by atoms with van der Waals surface area (Å²) in [6, 6.07) is 0. The zero-order valence-corrected chi connectivity index (χ0v) is 14.7. The Morgan fingerprint density at radius 3 is 2.58 bits per heavy atom. The summed E-state index contributed by atoms with van der Waals surface area (Å²) in [5.74, 6) is -0.259. The van der Waals surface area contributed by atoms with Gasteiger partial charge in [-0.2, -0.15) is 0 Å². The zero-order valence-electron chi connectivity index (χ0n) is 14.7. The van der Waals surface area contributed by atoms with Crippen LogP contribution in [0.2, 0.25) is 0 Å². The molecular weight excluding hydrogens is 310 g/mol. The lowest BCUT2D eigenvalue weighted by atomic mass is 9.89. The molecule has 128 valence electrons. The van der Waals surface area contributed by atoms with Gasteiger partial charge in [-0.15, -0.1) is 0 Å². The van der Waals surface area contributed by atoms with E-state index in [-0.39, 0.29) is 28.9 Å². The zero-order chi connectivity index (χ0) is 18.1. The Balaban J connectivity index is 2.48. The van der Waals surface area contributed by atoms with Crippen LogP contribution in [-0.4, -0.2) is 38.9 Å². The highest BCUT2D eigenvalue weighted by Gasteiger charge is 2.43. The van der Waals surface area contributed by atoms with Gasteiger partial charge >= 0.3 is 5.97 Å². The topological polar surface area (TPSA) is 106 Å². The maximum absolute atomic E-state index is 12.3. The van der Waals surface area contributed by atoms with E-state index >= 15 is 0 Å². The predicted molar refractivity (Wildman–Crippen MR) is 88.9 cm³/mol. The molecule has 1 aliphatic heterocycles. The van der Waals surface area contributed by atoms with Crippen molar-refractivity contribution in [3.05, 3.63) is 23.3 Å². The largest absolute Gasteiger partial charge is 0.369 e. The van der Waals surface area contributed by atoms with Crippen molar-refractivity contribution in [2.45, 2.75) is 47.1 Å². The van der Waals surface area contributed by atoms with E-state index in [9.17, 15) is 9.59 Å². The van der Waals surface area contributed by atoms with E-state index in [1.54, 1.807) is 27.7 Å². The number of hydrogen-bond acceptors (Lipinski definition) is 7. The van der Waals surface area contributed by atoms with Crippen LogP contribution in [0.5, 0.6) is 0 Å². The van der Waals surface area contributed by atoms with Crippen LogP contribution in [0, 0.1) is 12.8 Å². The molecular formula is C16H21N5O3. The van der Waals surface area contributed by atoms with Gasteiger partial charge in [0.25, 0.3) is 5.91 Å². The smallest absolute Gasteiger partial charge is 0.313 e. The summed E-state index contributed by atoms with van der Waals surface area (Å²) in [6.07, 6.45) is 1.35. The van der Waals surface area contributed by atoms with E-state index in [1.807, 2.05) is 13.8 Å². The number of nitrogens with one attached hydrogen (secondary N) is 1. The van der Waals surface area contributed by atoms with Crippen molar-refractivity contribution in [2.24, 2.45) is 16.1 Å². The van der Waals surface area contributed by atoms with E-state index in [2.05, 4.69) is 25.4 Å². The van der Waals surface area contributed by atoms with Crippen LogP contribution < -0.4 is 5.32 Å². The number of carbonyl (C=O) groups excluding carboxylic acids is 2. The number of amides is 1. The molecule has 0 aliphatic carbocycles. The molecule has 8 heteroatoms. The van der Waals surface area contributed by atoms with E-state index in [4.69, 9.17) is 4.84 Å². The van der Waals surface area contributed by atoms with Gasteiger partial charge < -0.3 is 10.2 Å². The molecule has 0 fully saturated rings. The number of aryl methyl sites for hydroxylation is 1. The Hall–Kier alpha value is -2.64. The number of oxime groups is 1. The molecule has 1 aromatic rings. The summed E-state index contributed by atoms with van der Waals surface area (Å²) in [6.45, 7) is 10.7. The van der Waals surface area contributed by atoms with Gasteiger partial charge in [0.1, 0.15) is 22.6 Å². The summed E-state index contributed by atoms with van der Waals surface area (Å²) in [5, 5.41) is 6.35. The van der Waals surface area contributed by atoms with Crippen LogP contribution in [0.3, 0.4) is 0 Å². The van der Waals surface area contributed by atoms with Gasteiger partial charge in [-0.25, -0.2) is 19.8 Å². The lowest BCUT2D eigenvalue weighted by molar-refractivity contribution is -0.124. The van der Waals surface area contributed by atoms with Crippen LogP contribution in [0.15, 0.2) is 16.3 Å². The molecule has 0 bridgehead atoms. The first-order valence-electron chi connectivity index (χ1n) is 7.63. The SMILES string of the molecule is CC(C)=NOC(=O)c1cnc(C)nc1C1=NC(C)(C(C)C)C(=O)N1. The first-order chi connectivity index (χ1) is 11.1. The van der Waals surface area contributed by atoms with Crippen molar-refractivity contribution in [3.63, 3.8) is 0 Å². The molecule has 1 atom stereocenters. The van der Waals surface area contributed by atoms with E-state index in [0.29, 0.717) is 11.5 Å². The maximum atomic E-state index is 12.3. The second-order valence-electron chi connectivity index (χ2n) is 6.31. The Kier molecular flexibility index (Phi) is 4.77. The lowest BCUT2D eigenvalue weighted by Gasteiger charge is -2.21. The van der Waals surface area contributed by atoms with Gasteiger partial charge in [0, 0.05) is 6.20 Å². The second kappa shape index (κ2) is 6.46. The van der Waals surface area contributed by atoms with Gasteiger partial charge in [0.05, 0.1) is 5.71 Å². The summed E-state index contributed by atoms with van der Waals surface area (Å²) in [5.41, 5.74) is 0.0109. The van der Waals surface area contributed by atoms with Crippen LogP contribution in [0.1, 0.15) is 56.5 Å². The Labute approximate surface area is 140 Å². The highest BCUT2D eigenvalue weighted by atomic mass is 16.7. The second-order valence-corrected chi connectivity index (χ2v) is 6.31. The molecule has 1 N–H and O–H groups in total. The van der Waals surface area contributed by atoms with Gasteiger partial charge in [0.15, 0.2) is 5.84 Å². The van der Waals surface area contributed by atoms with Crippen LogP contribution in [-0.2, 0) is 9.63 Å². The Morgan fingerprint density at radius 1 is 1.38 bits per heavy atom. The third-order valence-corrected chi connectivity index (χ3v) is 3.82. The molecule has 8 nitrogen and oxygen atoms in total. The third-order valence-electron chi connectivity index (χ3n) is 3.82. The van der Waals surface area contributed by atoms with E-state index in [0.717, 1.165) is 0 Å². The molecule has 1 aromatic heterocycles. The highest BCUT2D eigenvalue weighted by molar-refractivity contribution is 6.17. The number of nitrogens with zero attached hydrogens (tertiary/aromatic N) is 4. The number of aliphatic imine (C=N–C) groups is 1. The number of aromatic nitrogens is 2. The monoisotopic (exact) mass is 331 g/mol. The minimum Gasteiger partial charge on any atom is -0.313 e. The fourth-order valence-corrected chi connectivity index (χ4v) is 2.03. The van der Waals surface area contributed by atoms with Crippen molar-refractivity contribution in [1.29, 1.82) is 0 Å². The lowest BCUT2D eigenvalue weighted by Crippen LogP contribution is -2.41. The molecule has 1 unspecified atom stereocenters. The van der Waals surface area contributed by atoms with Crippen LogP contribution >= 0.6 is 0 Å². The molecule has 0 aromatic carbocycles. The quantitative estimate of drug-likeness (QED) is 0.513. The predicted octanol–water partition coefficient (Wildman–Crippen LogP) is 1.63. The van der Waals surface area contributed by atoms with Crippen molar-refractivity contribution >= 4 is 23.4 Å². The van der Waals surface area contributed by atoms with Gasteiger partial charge in [-0.1, -0.05) is 19.0 Å². The Morgan fingerprint density at radius 2 is 2.04 bits per heavy atom. The molecule has 24 heavy (non-hydrogen) atoms. The minimum absolute atomic E-state index is 0.0133. The normalized spacial score (nSPS) is 19.8. The van der Waals surface area contributed by atoms with Crippen molar-refractivity contribution in [3.8, 4) is 0 Å². The molecule has 0 spiro atoms. The highest BCUT2D eigenvalue weighted by Crippen LogP contribution is 2.27. The molecule has 0 saturated carbocycles. The molecule has 2 rings (SSSR count). The fraction of sp³-hybridized carbons (Fsp3) is 0.500. The fourth-order valence-electron chi connectivity index (χ4n) is 2.03. The minimum atomic E-state index is -0.909. The number of amidine groups is 1. The number of carbonyl (C=O) groups is 2. The molecule has 0 radical (unpaired) electrons. The summed E-state index contributed by atoms with van der Waals surface area (Å²) >= 11 is 0. The number of rotatable bonds is 4. The van der Waals surface area contributed by atoms with Crippen molar-refractivity contribution < 1.29 is 14.4 Å². The third kappa shape index (κ3) is 3.32. The summed E-state index contributed by atoms with van der Waals surface area (Å²) in [4.78, 5) is 42.1. The van der Waals surface area contributed by atoms with E-state index < -0.39 is 11.5 Å². The van der Waals surface area contributed by atoms with E-state index in [1.165, 1.54) is 6.20 Å². The van der Waals surface area contributed by atoms with Crippen molar-refractivity contribution in [2.75, 3.05) is 0 Å². The first-order valence-corrected chi connectivity index (χ1v) is 7.63. The van der Waals surface area contributed by atoms with Crippen LogP contribution in [0.4, 0.5) is 0 Å². The first kappa shape index (κ1) is 17.7. The molecule has 1 amide bonds. The van der Waals surface area contributed by atoms with Crippen LogP contribution in [0.25, 0.3) is 0 Å². The van der Waals surface area contributed by atoms with Gasteiger partial charge in [-0.3, -0.25) is 4.79 Å². The molecule has 0 saturated heterocycles. The standard InChI is InChI=1S/C16H21N5O3/c1-8(2)16(6)15(23)19-13(20-16)12-11(7-17-10(5)18-12)14(22)24-21-9(3)4/h7-8H,1-6H3,(H,19,20,23). The molecule has 1 aliphatic rings. The van der Waals surface area contributed by atoms with Gasteiger partial charge in [0.2, 0.25) is 0 Å². The molecule has 2 heterocycles.